The van der Waals surface area contributed by atoms with Crippen LogP contribution in [-0.4, -0.2) is 6.54 Å². The summed E-state index contributed by atoms with van der Waals surface area (Å²) in [6.45, 7) is 7.19. The zero-order valence-electron chi connectivity index (χ0n) is 12.7. The van der Waals surface area contributed by atoms with Crippen LogP contribution in [0.2, 0.25) is 10.0 Å². The second-order valence-corrected chi connectivity index (χ2v) is 6.30. The van der Waals surface area contributed by atoms with Gasteiger partial charge in [-0.3, -0.25) is 0 Å². The molecule has 1 N–H and O–H groups in total. The van der Waals surface area contributed by atoms with Gasteiger partial charge in [0.1, 0.15) is 0 Å². The molecule has 112 valence electrons. The molecule has 0 radical (unpaired) electrons. The van der Waals surface area contributed by atoms with Crippen LogP contribution in [0.4, 0.5) is 0 Å². The van der Waals surface area contributed by atoms with Gasteiger partial charge in [-0.2, -0.15) is 0 Å². The second kappa shape index (κ2) is 7.31. The molecule has 2 aromatic rings. The van der Waals surface area contributed by atoms with Gasteiger partial charge in [0.25, 0.3) is 0 Å². The number of rotatable bonds is 5. The van der Waals surface area contributed by atoms with Crippen molar-refractivity contribution in [1.82, 2.24) is 5.32 Å². The molecule has 0 aliphatic heterocycles. The molecule has 0 saturated carbocycles. The van der Waals surface area contributed by atoms with Gasteiger partial charge < -0.3 is 5.32 Å². The van der Waals surface area contributed by atoms with Crippen LogP contribution in [0, 0.1) is 13.8 Å². The van der Waals surface area contributed by atoms with Crippen LogP contribution in [0.25, 0.3) is 0 Å². The van der Waals surface area contributed by atoms with E-state index in [1.165, 1.54) is 16.7 Å². The predicted molar refractivity (Wildman–Crippen MR) is 92.5 cm³/mol. The summed E-state index contributed by atoms with van der Waals surface area (Å²) in [6.07, 6.45) is 1.08. The van der Waals surface area contributed by atoms with Crippen LogP contribution >= 0.6 is 23.2 Å². The Morgan fingerprint density at radius 1 is 1.00 bits per heavy atom. The van der Waals surface area contributed by atoms with Crippen LogP contribution < -0.4 is 5.32 Å². The van der Waals surface area contributed by atoms with E-state index in [-0.39, 0.29) is 6.04 Å². The number of nitrogens with one attached hydrogen (secondary N) is 1. The van der Waals surface area contributed by atoms with E-state index in [1.807, 2.05) is 25.1 Å². The van der Waals surface area contributed by atoms with E-state index < -0.39 is 0 Å². The summed E-state index contributed by atoms with van der Waals surface area (Å²) in [5, 5.41) is 5.16. The van der Waals surface area contributed by atoms with Crippen molar-refractivity contribution in [3.8, 4) is 0 Å². The summed E-state index contributed by atoms with van der Waals surface area (Å²) in [4.78, 5) is 0. The maximum absolute atomic E-state index is 6.29. The normalized spacial score (nSPS) is 12.4. The zero-order valence-corrected chi connectivity index (χ0v) is 14.2. The standard InChI is InChI=1S/C18H21Cl2N/c1-4-7-21-18(14-6-5-13(3)17(20)11-14)15-8-12(2)9-16(19)10-15/h5-6,8-11,18,21H,4,7H2,1-3H3. The molecule has 0 aliphatic rings. The van der Waals surface area contributed by atoms with Gasteiger partial charge in [0.15, 0.2) is 0 Å². The van der Waals surface area contributed by atoms with Crippen molar-refractivity contribution in [3.63, 3.8) is 0 Å². The summed E-state index contributed by atoms with van der Waals surface area (Å²) in [5.41, 5.74) is 4.60. The molecule has 0 aromatic heterocycles. The number of aryl methyl sites for hydroxylation is 2. The van der Waals surface area contributed by atoms with E-state index >= 15 is 0 Å². The third-order valence-electron chi connectivity index (χ3n) is 3.53. The van der Waals surface area contributed by atoms with Gasteiger partial charge >= 0.3 is 0 Å². The smallest absolute Gasteiger partial charge is 0.0577 e. The molecule has 1 atom stereocenters. The van der Waals surface area contributed by atoms with Gasteiger partial charge in [-0.15, -0.1) is 0 Å². The minimum absolute atomic E-state index is 0.112. The third kappa shape index (κ3) is 4.23. The number of hydrogen-bond donors (Lipinski definition) is 1. The average Bonchev–Trinajstić information content (AvgIpc) is 2.42. The molecule has 0 spiro atoms. The first kappa shape index (κ1) is 16.4. The molecule has 0 bridgehead atoms. The Balaban J connectivity index is 2.43. The highest BCUT2D eigenvalue weighted by molar-refractivity contribution is 6.31. The molecule has 2 aromatic carbocycles. The highest BCUT2D eigenvalue weighted by Gasteiger charge is 2.15. The summed E-state index contributed by atoms with van der Waals surface area (Å²) >= 11 is 12.5. The molecule has 0 heterocycles. The van der Waals surface area contributed by atoms with E-state index in [1.54, 1.807) is 0 Å². The van der Waals surface area contributed by atoms with Crippen LogP contribution in [0.15, 0.2) is 36.4 Å². The topological polar surface area (TPSA) is 12.0 Å². The molecule has 21 heavy (non-hydrogen) atoms. The SMILES string of the molecule is CCCNC(c1cc(C)cc(Cl)c1)c1ccc(C)c(Cl)c1. The van der Waals surface area contributed by atoms with Crippen molar-refractivity contribution < 1.29 is 0 Å². The fraction of sp³-hybridized carbons (Fsp3) is 0.333. The Kier molecular flexibility index (Phi) is 5.69. The molecule has 2 rings (SSSR count). The highest BCUT2D eigenvalue weighted by atomic mass is 35.5. The van der Waals surface area contributed by atoms with Gasteiger partial charge in [0.2, 0.25) is 0 Å². The van der Waals surface area contributed by atoms with Crippen LogP contribution in [0.5, 0.6) is 0 Å². The molecule has 1 unspecified atom stereocenters. The minimum Gasteiger partial charge on any atom is -0.306 e. The lowest BCUT2D eigenvalue weighted by Crippen LogP contribution is -2.23. The van der Waals surface area contributed by atoms with Crippen molar-refractivity contribution in [3.05, 3.63) is 68.7 Å². The van der Waals surface area contributed by atoms with Crippen molar-refractivity contribution in [2.24, 2.45) is 0 Å². The second-order valence-electron chi connectivity index (χ2n) is 5.46. The molecular weight excluding hydrogens is 301 g/mol. The number of halogens is 2. The third-order valence-corrected chi connectivity index (χ3v) is 4.15. The maximum Gasteiger partial charge on any atom is 0.0577 e. The van der Waals surface area contributed by atoms with Crippen molar-refractivity contribution in [2.75, 3.05) is 6.54 Å². The maximum atomic E-state index is 6.29. The van der Waals surface area contributed by atoms with Crippen LogP contribution in [0.1, 0.15) is 41.6 Å². The summed E-state index contributed by atoms with van der Waals surface area (Å²) in [5.74, 6) is 0. The minimum atomic E-state index is 0.112. The monoisotopic (exact) mass is 321 g/mol. The van der Waals surface area contributed by atoms with E-state index in [0.717, 1.165) is 28.6 Å². The van der Waals surface area contributed by atoms with E-state index in [9.17, 15) is 0 Å². The van der Waals surface area contributed by atoms with Gasteiger partial charge in [-0.25, -0.2) is 0 Å². The Morgan fingerprint density at radius 3 is 2.38 bits per heavy atom. The average molecular weight is 322 g/mol. The lowest BCUT2D eigenvalue weighted by molar-refractivity contribution is 0.598. The highest BCUT2D eigenvalue weighted by Crippen LogP contribution is 2.28. The molecule has 0 saturated heterocycles. The molecule has 0 amide bonds. The summed E-state index contributed by atoms with van der Waals surface area (Å²) in [7, 11) is 0. The molecule has 0 aliphatic carbocycles. The number of benzene rings is 2. The lowest BCUT2D eigenvalue weighted by atomic mass is 9.96. The molecule has 0 fully saturated rings. The van der Waals surface area contributed by atoms with E-state index in [0.29, 0.717) is 0 Å². The van der Waals surface area contributed by atoms with Crippen molar-refractivity contribution >= 4 is 23.2 Å². The first-order valence-electron chi connectivity index (χ1n) is 7.27. The molecule has 1 nitrogen and oxygen atoms in total. The fourth-order valence-corrected chi connectivity index (χ4v) is 2.92. The largest absolute Gasteiger partial charge is 0.306 e. The van der Waals surface area contributed by atoms with Crippen LogP contribution in [-0.2, 0) is 0 Å². The lowest BCUT2D eigenvalue weighted by Gasteiger charge is -2.21. The molecular formula is C18H21Cl2N. The summed E-state index contributed by atoms with van der Waals surface area (Å²) < 4.78 is 0. The molecule has 3 heteroatoms. The van der Waals surface area contributed by atoms with Crippen molar-refractivity contribution in [1.29, 1.82) is 0 Å². The van der Waals surface area contributed by atoms with E-state index in [2.05, 4.69) is 37.4 Å². The predicted octanol–water partition coefficient (Wildman–Crippen LogP) is 5.70. The van der Waals surface area contributed by atoms with Crippen LogP contribution in [0.3, 0.4) is 0 Å². The first-order valence-corrected chi connectivity index (χ1v) is 8.03. The van der Waals surface area contributed by atoms with E-state index in [4.69, 9.17) is 23.2 Å². The Morgan fingerprint density at radius 2 is 1.76 bits per heavy atom. The van der Waals surface area contributed by atoms with Crippen molar-refractivity contribution in [2.45, 2.75) is 33.2 Å². The quantitative estimate of drug-likeness (QED) is 0.744. The zero-order chi connectivity index (χ0) is 15.4. The fourth-order valence-electron chi connectivity index (χ4n) is 2.44. The first-order chi connectivity index (χ1) is 10.0. The Labute approximate surface area is 137 Å². The number of hydrogen-bond acceptors (Lipinski definition) is 1. The Hall–Kier alpha value is -1.02. The van der Waals surface area contributed by atoms with Gasteiger partial charge in [-0.05, 0) is 67.3 Å². The van der Waals surface area contributed by atoms with Gasteiger partial charge in [0, 0.05) is 10.0 Å². The summed E-state index contributed by atoms with van der Waals surface area (Å²) in [6, 6.07) is 12.5. The van der Waals surface area contributed by atoms with Gasteiger partial charge in [-0.1, -0.05) is 48.3 Å². The van der Waals surface area contributed by atoms with Gasteiger partial charge in [0.05, 0.1) is 6.04 Å². The Bertz CT molecular complexity index is 602.